The van der Waals surface area contributed by atoms with E-state index in [9.17, 15) is 9.59 Å². The van der Waals surface area contributed by atoms with Crippen LogP contribution in [0.2, 0.25) is 0 Å². The Labute approximate surface area is 224 Å². The van der Waals surface area contributed by atoms with Crippen molar-refractivity contribution < 1.29 is 9.59 Å². The Hall–Kier alpha value is -3.06. The molecule has 194 valence electrons. The van der Waals surface area contributed by atoms with Crippen LogP contribution in [0.3, 0.4) is 0 Å². The van der Waals surface area contributed by atoms with Crippen LogP contribution in [0, 0.1) is 13.8 Å². The van der Waals surface area contributed by atoms with E-state index in [0.29, 0.717) is 5.75 Å². The van der Waals surface area contributed by atoms with Crippen molar-refractivity contribution in [2.75, 3.05) is 30.3 Å². The first-order chi connectivity index (χ1) is 17.6. The Morgan fingerprint density at radius 1 is 1.03 bits per heavy atom. The van der Waals surface area contributed by atoms with Gasteiger partial charge in [0, 0.05) is 24.1 Å². The van der Waals surface area contributed by atoms with E-state index in [2.05, 4.69) is 71.0 Å². The van der Waals surface area contributed by atoms with E-state index in [1.54, 1.807) is 16.7 Å². The molecule has 2 aliphatic heterocycles. The van der Waals surface area contributed by atoms with Gasteiger partial charge in [-0.3, -0.25) is 14.5 Å². The second kappa shape index (κ2) is 10.0. The van der Waals surface area contributed by atoms with E-state index in [0.717, 1.165) is 59.8 Å². The topological polar surface area (TPSA) is 58.4 Å². The summed E-state index contributed by atoms with van der Waals surface area (Å²) in [5, 5.41) is 5.11. The zero-order valence-electron chi connectivity index (χ0n) is 22.5. The average Bonchev–Trinajstić information content (AvgIpc) is 3.49. The molecule has 6 nitrogen and oxygen atoms in total. The first-order valence-electron chi connectivity index (χ1n) is 13.1. The Morgan fingerprint density at radius 3 is 2.38 bits per heavy atom. The van der Waals surface area contributed by atoms with Gasteiger partial charge in [0.05, 0.1) is 22.4 Å². The number of rotatable bonds is 4. The summed E-state index contributed by atoms with van der Waals surface area (Å²) in [6.45, 7) is 12.2. The van der Waals surface area contributed by atoms with Crippen molar-refractivity contribution >= 4 is 29.4 Å². The van der Waals surface area contributed by atoms with Crippen molar-refractivity contribution in [3.05, 3.63) is 76.5 Å². The molecule has 1 aromatic heterocycles. The second-order valence-corrected chi connectivity index (χ2v) is 12.3. The molecule has 0 saturated carbocycles. The van der Waals surface area contributed by atoms with Gasteiger partial charge in [0.15, 0.2) is 0 Å². The van der Waals surface area contributed by atoms with Crippen molar-refractivity contribution in [3.8, 4) is 5.69 Å². The maximum atomic E-state index is 13.8. The molecular weight excluding hydrogens is 480 g/mol. The highest BCUT2D eigenvalue weighted by atomic mass is 32.2. The summed E-state index contributed by atoms with van der Waals surface area (Å²) in [5.74, 6) is 0.980. The van der Waals surface area contributed by atoms with E-state index < -0.39 is 0 Å². The maximum Gasteiger partial charge on any atom is 0.242 e. The van der Waals surface area contributed by atoms with Crippen molar-refractivity contribution in [1.82, 2.24) is 14.7 Å². The van der Waals surface area contributed by atoms with Gasteiger partial charge in [-0.25, -0.2) is 4.68 Å². The van der Waals surface area contributed by atoms with Gasteiger partial charge in [0.2, 0.25) is 11.8 Å². The Bertz CT molecular complexity index is 1320. The minimum Gasteiger partial charge on any atom is -0.341 e. The monoisotopic (exact) mass is 516 g/mol. The molecule has 5 rings (SSSR count). The molecule has 3 heterocycles. The summed E-state index contributed by atoms with van der Waals surface area (Å²) in [7, 11) is 0. The number of likely N-dealkylation sites (tertiary alicyclic amines) is 1. The van der Waals surface area contributed by atoms with Crippen molar-refractivity contribution in [1.29, 1.82) is 0 Å². The largest absolute Gasteiger partial charge is 0.341 e. The van der Waals surface area contributed by atoms with Crippen LogP contribution in [0.4, 0.5) is 5.82 Å². The van der Waals surface area contributed by atoms with Crippen LogP contribution < -0.4 is 4.90 Å². The highest BCUT2D eigenvalue weighted by Gasteiger charge is 2.40. The van der Waals surface area contributed by atoms with E-state index >= 15 is 0 Å². The number of carbonyl (C=O) groups is 2. The SMILES string of the molecule is Cc1ccc(-n2nc(C(C)(C)C)c3c2N(CC(=O)N2CCCC2)C(=O)CS[C@@H]3c2cccc(C)c2)cc1. The van der Waals surface area contributed by atoms with E-state index in [-0.39, 0.29) is 29.0 Å². The van der Waals surface area contributed by atoms with Crippen molar-refractivity contribution in [2.24, 2.45) is 0 Å². The summed E-state index contributed by atoms with van der Waals surface area (Å²) in [6, 6.07) is 16.7. The Morgan fingerprint density at radius 2 is 1.73 bits per heavy atom. The predicted molar refractivity (Wildman–Crippen MR) is 151 cm³/mol. The van der Waals surface area contributed by atoms with Crippen LogP contribution in [0.1, 0.15) is 66.8 Å². The second-order valence-electron chi connectivity index (χ2n) is 11.3. The van der Waals surface area contributed by atoms with Crippen LogP contribution in [0.5, 0.6) is 0 Å². The minimum absolute atomic E-state index is 0.00442. The van der Waals surface area contributed by atoms with Gasteiger partial charge in [-0.2, -0.15) is 5.10 Å². The lowest BCUT2D eigenvalue weighted by atomic mass is 9.87. The molecule has 0 aliphatic carbocycles. The molecule has 1 atom stereocenters. The zero-order valence-corrected chi connectivity index (χ0v) is 23.3. The third-order valence-corrected chi connectivity index (χ3v) is 8.43. The third-order valence-electron chi connectivity index (χ3n) is 7.18. The minimum atomic E-state index is -0.263. The van der Waals surface area contributed by atoms with Gasteiger partial charge < -0.3 is 4.90 Å². The van der Waals surface area contributed by atoms with Gasteiger partial charge in [0.1, 0.15) is 12.4 Å². The number of anilines is 1. The molecule has 0 bridgehead atoms. The zero-order chi connectivity index (χ0) is 26.3. The van der Waals surface area contributed by atoms with Crippen LogP contribution in [-0.2, 0) is 15.0 Å². The van der Waals surface area contributed by atoms with Gasteiger partial charge in [-0.15, -0.1) is 11.8 Å². The maximum absolute atomic E-state index is 13.8. The smallest absolute Gasteiger partial charge is 0.242 e. The number of hydrogen-bond acceptors (Lipinski definition) is 4. The van der Waals surface area contributed by atoms with Crippen molar-refractivity contribution in [3.63, 3.8) is 0 Å². The van der Waals surface area contributed by atoms with Crippen LogP contribution >= 0.6 is 11.8 Å². The first kappa shape index (κ1) is 25.6. The highest BCUT2D eigenvalue weighted by molar-refractivity contribution is 8.00. The molecule has 0 spiro atoms. The van der Waals surface area contributed by atoms with Crippen LogP contribution in [-0.4, -0.2) is 51.9 Å². The molecule has 0 unspecified atom stereocenters. The molecule has 0 radical (unpaired) electrons. The summed E-state index contributed by atoms with van der Waals surface area (Å²) < 4.78 is 1.90. The number of carbonyl (C=O) groups excluding carboxylic acids is 2. The van der Waals surface area contributed by atoms with Gasteiger partial charge in [-0.1, -0.05) is 68.3 Å². The van der Waals surface area contributed by atoms with Gasteiger partial charge in [-0.05, 0) is 44.4 Å². The van der Waals surface area contributed by atoms with Crippen molar-refractivity contribution in [2.45, 2.75) is 58.1 Å². The summed E-state index contributed by atoms with van der Waals surface area (Å²) in [5.41, 5.74) is 6.10. The molecule has 2 aliphatic rings. The number of aromatic nitrogens is 2. The molecule has 37 heavy (non-hydrogen) atoms. The Kier molecular flexibility index (Phi) is 6.92. The molecule has 2 aromatic carbocycles. The molecule has 0 N–H and O–H groups in total. The number of amides is 2. The number of benzene rings is 2. The fourth-order valence-corrected chi connectivity index (χ4v) is 6.43. The third kappa shape index (κ3) is 5.06. The Balaban J connectivity index is 1.75. The van der Waals surface area contributed by atoms with E-state index in [1.807, 2.05) is 21.7 Å². The number of nitrogens with zero attached hydrogens (tertiary/aromatic N) is 4. The number of fused-ring (bicyclic) bond motifs is 1. The molecule has 3 aromatic rings. The van der Waals surface area contributed by atoms with Crippen LogP contribution in [0.15, 0.2) is 48.5 Å². The van der Waals surface area contributed by atoms with Gasteiger partial charge >= 0.3 is 0 Å². The van der Waals surface area contributed by atoms with Crippen LogP contribution in [0.25, 0.3) is 5.69 Å². The average molecular weight is 517 g/mol. The lowest BCUT2D eigenvalue weighted by Crippen LogP contribution is -2.43. The standard InChI is InChI=1S/C30H36N4O2S/c1-20-11-13-23(14-12-20)34-29-26(28(31-34)30(3,4)5)27(22-10-8-9-21(2)17-22)37-19-25(36)33(29)18-24(35)32-15-6-7-16-32/h8-14,17,27H,6-7,15-16,18-19H2,1-5H3/t27-/m1/s1. The summed E-state index contributed by atoms with van der Waals surface area (Å²) >= 11 is 1.63. The number of hydrogen-bond donors (Lipinski definition) is 0. The summed E-state index contributed by atoms with van der Waals surface area (Å²) in [6.07, 6.45) is 2.04. The quantitative estimate of drug-likeness (QED) is 0.454. The lowest BCUT2D eigenvalue weighted by Gasteiger charge is -2.26. The fraction of sp³-hybridized carbons (Fsp3) is 0.433. The predicted octanol–water partition coefficient (Wildman–Crippen LogP) is 5.58. The number of aryl methyl sites for hydroxylation is 2. The fourth-order valence-electron chi connectivity index (χ4n) is 5.24. The normalized spacial score (nSPS) is 18.2. The van der Waals surface area contributed by atoms with Gasteiger partial charge in [0.25, 0.3) is 0 Å². The first-order valence-corrected chi connectivity index (χ1v) is 14.1. The van der Waals surface area contributed by atoms with E-state index in [1.165, 1.54) is 5.56 Å². The molecule has 1 fully saturated rings. The highest BCUT2D eigenvalue weighted by Crippen LogP contribution is 2.48. The van der Waals surface area contributed by atoms with E-state index in [4.69, 9.17) is 5.10 Å². The summed E-state index contributed by atoms with van der Waals surface area (Å²) in [4.78, 5) is 30.7. The lowest BCUT2D eigenvalue weighted by molar-refractivity contribution is -0.130. The molecular formula is C30H36N4O2S. The number of thioether (sulfide) groups is 1. The molecule has 7 heteroatoms. The molecule has 1 saturated heterocycles. The molecule has 2 amide bonds.